The number of likely N-dealkylation sites (tertiary alicyclic amines) is 1. The number of hydrogen-bond acceptors (Lipinski definition) is 2. The zero-order valence-electron chi connectivity index (χ0n) is 10.6. The predicted molar refractivity (Wildman–Crippen MR) is 65.0 cm³/mol. The van der Waals surface area contributed by atoms with Crippen LogP contribution in [0.25, 0.3) is 0 Å². The van der Waals surface area contributed by atoms with E-state index in [0.717, 1.165) is 6.42 Å². The fraction of sp³-hybridized carbons (Fsp3) is 1.00. The van der Waals surface area contributed by atoms with Crippen molar-refractivity contribution in [2.45, 2.75) is 58.9 Å². The van der Waals surface area contributed by atoms with E-state index in [9.17, 15) is 5.11 Å². The molecule has 0 aromatic heterocycles. The van der Waals surface area contributed by atoms with Crippen LogP contribution in [-0.2, 0) is 0 Å². The van der Waals surface area contributed by atoms with E-state index in [1.54, 1.807) is 0 Å². The van der Waals surface area contributed by atoms with Crippen LogP contribution in [0.2, 0.25) is 0 Å². The first-order valence-electron chi connectivity index (χ1n) is 6.56. The zero-order chi connectivity index (χ0) is 11.3. The Bertz CT molecular complexity index is 163. The fourth-order valence-corrected chi connectivity index (χ4v) is 3.08. The first-order chi connectivity index (χ1) is 7.21. The van der Waals surface area contributed by atoms with Gasteiger partial charge in [0.15, 0.2) is 0 Å². The van der Waals surface area contributed by atoms with Crippen LogP contribution in [0.3, 0.4) is 0 Å². The normalized spacial score (nSPS) is 22.4. The van der Waals surface area contributed by atoms with Crippen molar-refractivity contribution in [1.29, 1.82) is 0 Å². The summed E-state index contributed by atoms with van der Waals surface area (Å²) in [5, 5.41) is 9.25. The van der Waals surface area contributed by atoms with Crippen LogP contribution in [0.1, 0.15) is 52.9 Å². The molecule has 1 atom stereocenters. The third-order valence-electron chi connectivity index (χ3n) is 3.84. The molecule has 15 heavy (non-hydrogen) atoms. The van der Waals surface area contributed by atoms with Crippen molar-refractivity contribution in [3.63, 3.8) is 0 Å². The number of aliphatic hydroxyl groups is 1. The molecule has 0 bridgehead atoms. The molecule has 0 unspecified atom stereocenters. The second-order valence-electron chi connectivity index (χ2n) is 5.15. The minimum absolute atomic E-state index is 0.324. The SMILES string of the molecule is CCCC1(CCC)CN([C@H](CC)CO)C1. The van der Waals surface area contributed by atoms with Gasteiger partial charge < -0.3 is 5.11 Å². The van der Waals surface area contributed by atoms with Crippen LogP contribution in [0.15, 0.2) is 0 Å². The van der Waals surface area contributed by atoms with Crippen molar-refractivity contribution in [2.24, 2.45) is 5.41 Å². The molecule has 0 amide bonds. The number of hydrogen-bond donors (Lipinski definition) is 1. The maximum absolute atomic E-state index is 9.25. The molecule has 0 saturated carbocycles. The number of nitrogens with zero attached hydrogens (tertiary/aromatic N) is 1. The molecule has 1 N–H and O–H groups in total. The van der Waals surface area contributed by atoms with Crippen molar-refractivity contribution in [3.05, 3.63) is 0 Å². The van der Waals surface area contributed by atoms with Gasteiger partial charge in [-0.05, 0) is 24.7 Å². The Kier molecular flexibility index (Phi) is 5.07. The van der Waals surface area contributed by atoms with Crippen LogP contribution in [-0.4, -0.2) is 35.7 Å². The lowest BCUT2D eigenvalue weighted by Gasteiger charge is -2.53. The average molecular weight is 213 g/mol. The van der Waals surface area contributed by atoms with Crippen LogP contribution >= 0.6 is 0 Å². The van der Waals surface area contributed by atoms with Crippen LogP contribution in [0, 0.1) is 5.41 Å². The standard InChI is InChI=1S/C13H27NO/c1-4-7-13(8-5-2)10-14(11-13)12(6-3)9-15/h12,15H,4-11H2,1-3H3/t12-/m1/s1. The number of rotatable bonds is 7. The van der Waals surface area contributed by atoms with E-state index in [0.29, 0.717) is 18.1 Å². The summed E-state index contributed by atoms with van der Waals surface area (Å²) >= 11 is 0. The Morgan fingerprint density at radius 1 is 1.13 bits per heavy atom. The van der Waals surface area contributed by atoms with Gasteiger partial charge in [0.2, 0.25) is 0 Å². The summed E-state index contributed by atoms with van der Waals surface area (Å²) in [6, 6.07) is 0.409. The third-order valence-corrected chi connectivity index (χ3v) is 3.84. The lowest BCUT2D eigenvalue weighted by atomic mass is 9.72. The quantitative estimate of drug-likeness (QED) is 0.703. The van der Waals surface area contributed by atoms with E-state index < -0.39 is 0 Å². The first-order valence-corrected chi connectivity index (χ1v) is 6.56. The molecule has 1 aliphatic rings. The largest absolute Gasteiger partial charge is 0.395 e. The second kappa shape index (κ2) is 5.86. The molecule has 1 saturated heterocycles. The summed E-state index contributed by atoms with van der Waals surface area (Å²) in [7, 11) is 0. The van der Waals surface area contributed by atoms with Gasteiger partial charge in [-0.1, -0.05) is 33.6 Å². The zero-order valence-corrected chi connectivity index (χ0v) is 10.6. The van der Waals surface area contributed by atoms with Gasteiger partial charge in [-0.3, -0.25) is 4.90 Å². The predicted octanol–water partition coefficient (Wildman–Crippen LogP) is 2.66. The average Bonchev–Trinajstić information content (AvgIpc) is 2.17. The van der Waals surface area contributed by atoms with Crippen LogP contribution in [0.4, 0.5) is 0 Å². The minimum atomic E-state index is 0.324. The van der Waals surface area contributed by atoms with Gasteiger partial charge in [-0.2, -0.15) is 0 Å². The highest BCUT2D eigenvalue weighted by Crippen LogP contribution is 2.40. The van der Waals surface area contributed by atoms with Gasteiger partial charge in [0.1, 0.15) is 0 Å². The van der Waals surface area contributed by atoms with Gasteiger partial charge >= 0.3 is 0 Å². The molecule has 0 aliphatic carbocycles. The maximum Gasteiger partial charge on any atom is 0.0586 e. The Morgan fingerprint density at radius 3 is 2.00 bits per heavy atom. The molecule has 2 nitrogen and oxygen atoms in total. The topological polar surface area (TPSA) is 23.5 Å². The Hall–Kier alpha value is -0.0800. The molecule has 1 aliphatic heterocycles. The highest BCUT2D eigenvalue weighted by molar-refractivity contribution is 4.96. The summed E-state index contributed by atoms with van der Waals surface area (Å²) in [6.07, 6.45) is 6.39. The van der Waals surface area contributed by atoms with Crippen molar-refractivity contribution in [2.75, 3.05) is 19.7 Å². The molecule has 0 aromatic carbocycles. The van der Waals surface area contributed by atoms with E-state index in [2.05, 4.69) is 25.7 Å². The highest BCUT2D eigenvalue weighted by Gasteiger charge is 2.43. The lowest BCUT2D eigenvalue weighted by molar-refractivity contribution is -0.0576. The molecule has 90 valence electrons. The third kappa shape index (κ3) is 2.94. The summed E-state index contributed by atoms with van der Waals surface area (Å²) in [6.45, 7) is 9.49. The van der Waals surface area contributed by atoms with E-state index >= 15 is 0 Å². The molecular formula is C13H27NO. The molecule has 0 aromatic rings. The Labute approximate surface area is 94.7 Å². The summed E-state index contributed by atoms with van der Waals surface area (Å²) in [5.41, 5.74) is 0.589. The smallest absolute Gasteiger partial charge is 0.0586 e. The van der Waals surface area contributed by atoms with Crippen LogP contribution < -0.4 is 0 Å². The monoisotopic (exact) mass is 213 g/mol. The van der Waals surface area contributed by atoms with Crippen molar-refractivity contribution in [3.8, 4) is 0 Å². The van der Waals surface area contributed by atoms with Crippen molar-refractivity contribution < 1.29 is 5.11 Å². The van der Waals surface area contributed by atoms with Crippen molar-refractivity contribution in [1.82, 2.24) is 4.90 Å². The fourth-order valence-electron chi connectivity index (χ4n) is 3.08. The lowest BCUT2D eigenvalue weighted by Crippen LogP contribution is -2.60. The van der Waals surface area contributed by atoms with Crippen molar-refractivity contribution >= 4 is 0 Å². The second-order valence-corrected chi connectivity index (χ2v) is 5.15. The maximum atomic E-state index is 9.25. The number of aliphatic hydroxyl groups excluding tert-OH is 1. The van der Waals surface area contributed by atoms with E-state index in [1.165, 1.54) is 38.8 Å². The molecule has 0 spiro atoms. The van der Waals surface area contributed by atoms with Gasteiger partial charge in [0.25, 0.3) is 0 Å². The minimum Gasteiger partial charge on any atom is -0.395 e. The highest BCUT2D eigenvalue weighted by atomic mass is 16.3. The van der Waals surface area contributed by atoms with Gasteiger partial charge in [0.05, 0.1) is 6.61 Å². The summed E-state index contributed by atoms with van der Waals surface area (Å²) in [4.78, 5) is 2.46. The molecule has 1 heterocycles. The van der Waals surface area contributed by atoms with E-state index in [1.807, 2.05) is 0 Å². The van der Waals surface area contributed by atoms with Crippen LogP contribution in [0.5, 0.6) is 0 Å². The Balaban J connectivity index is 2.41. The first kappa shape index (κ1) is 13.0. The Morgan fingerprint density at radius 2 is 1.67 bits per heavy atom. The van der Waals surface area contributed by atoms with Gasteiger partial charge in [0, 0.05) is 19.1 Å². The van der Waals surface area contributed by atoms with E-state index in [4.69, 9.17) is 0 Å². The molecule has 2 heteroatoms. The molecule has 1 fully saturated rings. The molecule has 1 rings (SSSR count). The molecular weight excluding hydrogens is 186 g/mol. The van der Waals surface area contributed by atoms with E-state index in [-0.39, 0.29) is 0 Å². The summed E-state index contributed by atoms with van der Waals surface area (Å²) in [5.74, 6) is 0. The molecule has 0 radical (unpaired) electrons. The van der Waals surface area contributed by atoms with Gasteiger partial charge in [-0.15, -0.1) is 0 Å². The summed E-state index contributed by atoms with van der Waals surface area (Å²) < 4.78 is 0. The van der Waals surface area contributed by atoms with Gasteiger partial charge in [-0.25, -0.2) is 0 Å².